The van der Waals surface area contributed by atoms with Crippen molar-refractivity contribution in [2.75, 3.05) is 6.61 Å². The zero-order chi connectivity index (χ0) is 13.1. The summed E-state index contributed by atoms with van der Waals surface area (Å²) in [7, 11) is 0. The SMILES string of the molecule is OCc1ccc(-c2cnn(C3CCCCO3)c2)cc1. The van der Waals surface area contributed by atoms with E-state index >= 15 is 0 Å². The molecular weight excluding hydrogens is 240 g/mol. The van der Waals surface area contributed by atoms with Crippen LogP contribution in [0.25, 0.3) is 11.1 Å². The Morgan fingerprint density at radius 3 is 2.74 bits per heavy atom. The first-order valence-corrected chi connectivity index (χ1v) is 6.73. The minimum atomic E-state index is 0.0788. The molecule has 1 fully saturated rings. The molecule has 3 rings (SSSR count). The van der Waals surface area contributed by atoms with Gasteiger partial charge in [-0.25, -0.2) is 4.68 Å². The molecule has 2 heterocycles. The third-order valence-electron chi connectivity index (χ3n) is 3.52. The van der Waals surface area contributed by atoms with E-state index in [0.717, 1.165) is 36.1 Å². The van der Waals surface area contributed by atoms with Crippen LogP contribution in [0.3, 0.4) is 0 Å². The summed E-state index contributed by atoms with van der Waals surface area (Å²) < 4.78 is 7.63. The average Bonchev–Trinajstić information content (AvgIpc) is 2.98. The van der Waals surface area contributed by atoms with E-state index in [0.29, 0.717) is 0 Å². The first-order chi connectivity index (χ1) is 9.36. The summed E-state index contributed by atoms with van der Waals surface area (Å²) >= 11 is 0. The predicted octanol–water partition coefficient (Wildman–Crippen LogP) is 2.74. The summed E-state index contributed by atoms with van der Waals surface area (Å²) in [5, 5.41) is 13.4. The smallest absolute Gasteiger partial charge is 0.150 e. The van der Waals surface area contributed by atoms with E-state index in [2.05, 4.69) is 5.10 Å². The molecular formula is C15H18N2O2. The fourth-order valence-electron chi connectivity index (χ4n) is 2.38. The van der Waals surface area contributed by atoms with Gasteiger partial charge in [0.1, 0.15) is 6.23 Å². The number of aliphatic hydroxyl groups is 1. The maximum absolute atomic E-state index is 9.04. The summed E-state index contributed by atoms with van der Waals surface area (Å²) in [4.78, 5) is 0. The number of ether oxygens (including phenoxy) is 1. The second kappa shape index (κ2) is 5.55. The zero-order valence-electron chi connectivity index (χ0n) is 10.8. The molecule has 4 heteroatoms. The van der Waals surface area contributed by atoms with Crippen molar-refractivity contribution in [3.8, 4) is 11.1 Å². The monoisotopic (exact) mass is 258 g/mol. The Kier molecular flexibility index (Phi) is 3.62. The van der Waals surface area contributed by atoms with Crippen molar-refractivity contribution in [3.63, 3.8) is 0 Å². The molecule has 1 aliphatic rings. The van der Waals surface area contributed by atoms with Crippen molar-refractivity contribution in [3.05, 3.63) is 42.2 Å². The van der Waals surface area contributed by atoms with Crippen molar-refractivity contribution < 1.29 is 9.84 Å². The Bertz CT molecular complexity index is 527. The lowest BCUT2D eigenvalue weighted by atomic mass is 10.1. The van der Waals surface area contributed by atoms with Crippen LogP contribution >= 0.6 is 0 Å². The molecule has 1 unspecified atom stereocenters. The average molecular weight is 258 g/mol. The van der Waals surface area contributed by atoms with Crippen molar-refractivity contribution in [2.24, 2.45) is 0 Å². The number of rotatable bonds is 3. The minimum Gasteiger partial charge on any atom is -0.392 e. The second-order valence-corrected chi connectivity index (χ2v) is 4.89. The predicted molar refractivity (Wildman–Crippen MR) is 72.4 cm³/mol. The van der Waals surface area contributed by atoms with Gasteiger partial charge in [0.25, 0.3) is 0 Å². The van der Waals surface area contributed by atoms with Crippen LogP contribution in [0.2, 0.25) is 0 Å². The molecule has 0 aliphatic carbocycles. The summed E-state index contributed by atoms with van der Waals surface area (Å²) in [5.74, 6) is 0. The highest BCUT2D eigenvalue weighted by molar-refractivity contribution is 5.61. The summed E-state index contributed by atoms with van der Waals surface area (Å²) in [6, 6.07) is 7.89. The van der Waals surface area contributed by atoms with E-state index < -0.39 is 0 Å². The Hall–Kier alpha value is -1.65. The molecule has 2 aromatic rings. The van der Waals surface area contributed by atoms with Gasteiger partial charge >= 0.3 is 0 Å². The Morgan fingerprint density at radius 1 is 1.21 bits per heavy atom. The van der Waals surface area contributed by atoms with Crippen LogP contribution in [-0.2, 0) is 11.3 Å². The zero-order valence-corrected chi connectivity index (χ0v) is 10.8. The van der Waals surface area contributed by atoms with Crippen LogP contribution in [0.15, 0.2) is 36.7 Å². The number of nitrogens with zero attached hydrogens (tertiary/aromatic N) is 2. The number of hydrogen-bond acceptors (Lipinski definition) is 3. The van der Waals surface area contributed by atoms with Crippen LogP contribution in [0.5, 0.6) is 0 Å². The van der Waals surface area contributed by atoms with Gasteiger partial charge in [0, 0.05) is 18.4 Å². The van der Waals surface area contributed by atoms with Crippen LogP contribution < -0.4 is 0 Å². The maximum atomic E-state index is 9.04. The largest absolute Gasteiger partial charge is 0.392 e. The molecule has 1 atom stereocenters. The van der Waals surface area contributed by atoms with E-state index in [1.165, 1.54) is 6.42 Å². The van der Waals surface area contributed by atoms with Gasteiger partial charge < -0.3 is 9.84 Å². The molecule has 1 aliphatic heterocycles. The normalized spacial score (nSPS) is 19.5. The molecule has 19 heavy (non-hydrogen) atoms. The molecule has 0 saturated carbocycles. The fourth-order valence-corrected chi connectivity index (χ4v) is 2.38. The number of hydrogen-bond donors (Lipinski definition) is 1. The highest BCUT2D eigenvalue weighted by Crippen LogP contribution is 2.25. The van der Waals surface area contributed by atoms with Gasteiger partial charge in [-0.3, -0.25) is 0 Å². The topological polar surface area (TPSA) is 47.3 Å². The van der Waals surface area contributed by atoms with Crippen molar-refractivity contribution >= 4 is 0 Å². The van der Waals surface area contributed by atoms with Crippen LogP contribution in [-0.4, -0.2) is 21.5 Å². The Balaban J connectivity index is 1.79. The van der Waals surface area contributed by atoms with Crippen LogP contribution in [0, 0.1) is 0 Å². The first kappa shape index (κ1) is 12.4. The summed E-state index contributed by atoms with van der Waals surface area (Å²) in [6.45, 7) is 0.903. The molecule has 0 bridgehead atoms. The van der Waals surface area contributed by atoms with E-state index in [9.17, 15) is 0 Å². The van der Waals surface area contributed by atoms with Gasteiger partial charge in [-0.2, -0.15) is 5.10 Å². The third-order valence-corrected chi connectivity index (χ3v) is 3.52. The van der Waals surface area contributed by atoms with E-state index in [4.69, 9.17) is 9.84 Å². The van der Waals surface area contributed by atoms with Crippen molar-refractivity contribution in [1.82, 2.24) is 9.78 Å². The maximum Gasteiger partial charge on any atom is 0.150 e. The first-order valence-electron chi connectivity index (χ1n) is 6.73. The van der Waals surface area contributed by atoms with Gasteiger partial charge in [-0.05, 0) is 30.4 Å². The molecule has 1 N–H and O–H groups in total. The molecule has 0 radical (unpaired) electrons. The second-order valence-electron chi connectivity index (χ2n) is 4.89. The van der Waals surface area contributed by atoms with Gasteiger partial charge in [0.2, 0.25) is 0 Å². The third kappa shape index (κ3) is 2.69. The molecule has 1 saturated heterocycles. The number of aromatic nitrogens is 2. The van der Waals surface area contributed by atoms with Crippen molar-refractivity contribution in [1.29, 1.82) is 0 Å². The fraction of sp³-hybridized carbons (Fsp3) is 0.400. The lowest BCUT2D eigenvalue weighted by molar-refractivity contribution is -0.0394. The summed E-state index contributed by atoms with van der Waals surface area (Å²) in [5.41, 5.74) is 3.12. The standard InChI is InChI=1S/C15H18N2O2/c18-11-12-4-6-13(7-5-12)14-9-16-17(10-14)15-3-1-2-8-19-15/h4-7,9-10,15,18H,1-3,8,11H2. The molecule has 1 aromatic heterocycles. The van der Waals surface area contributed by atoms with Crippen LogP contribution in [0.4, 0.5) is 0 Å². The molecule has 4 nitrogen and oxygen atoms in total. The molecule has 0 amide bonds. The van der Waals surface area contributed by atoms with E-state index in [1.807, 2.05) is 41.3 Å². The minimum absolute atomic E-state index is 0.0788. The van der Waals surface area contributed by atoms with Gasteiger partial charge in [0.05, 0.1) is 12.8 Å². The highest BCUT2D eigenvalue weighted by atomic mass is 16.5. The quantitative estimate of drug-likeness (QED) is 0.920. The summed E-state index contributed by atoms with van der Waals surface area (Å²) in [6.07, 6.45) is 7.36. The molecule has 1 aromatic carbocycles. The number of aliphatic hydroxyl groups excluding tert-OH is 1. The lowest BCUT2D eigenvalue weighted by Crippen LogP contribution is -2.18. The van der Waals surface area contributed by atoms with Crippen molar-refractivity contribution in [2.45, 2.75) is 32.1 Å². The Morgan fingerprint density at radius 2 is 2.05 bits per heavy atom. The number of benzene rings is 1. The molecule has 100 valence electrons. The van der Waals surface area contributed by atoms with Gasteiger partial charge in [0.15, 0.2) is 0 Å². The Labute approximate surface area is 112 Å². The van der Waals surface area contributed by atoms with Crippen LogP contribution in [0.1, 0.15) is 31.1 Å². The van der Waals surface area contributed by atoms with Gasteiger partial charge in [-0.15, -0.1) is 0 Å². The van der Waals surface area contributed by atoms with E-state index in [1.54, 1.807) is 0 Å². The molecule has 0 spiro atoms. The lowest BCUT2D eigenvalue weighted by Gasteiger charge is -2.22. The van der Waals surface area contributed by atoms with E-state index in [-0.39, 0.29) is 12.8 Å². The van der Waals surface area contributed by atoms with Gasteiger partial charge in [-0.1, -0.05) is 24.3 Å². The highest BCUT2D eigenvalue weighted by Gasteiger charge is 2.16.